The summed E-state index contributed by atoms with van der Waals surface area (Å²) >= 11 is 0. The molecule has 20 heavy (non-hydrogen) atoms. The van der Waals surface area contributed by atoms with Crippen molar-refractivity contribution >= 4 is 15.7 Å². The zero-order valence-corrected chi connectivity index (χ0v) is 12.2. The van der Waals surface area contributed by atoms with Crippen LogP contribution < -0.4 is 10.0 Å². The van der Waals surface area contributed by atoms with E-state index < -0.39 is 10.0 Å². The molecule has 1 aromatic carbocycles. The van der Waals surface area contributed by atoms with Crippen LogP contribution in [0.4, 0.5) is 5.69 Å². The number of benzene rings is 1. The maximum absolute atomic E-state index is 11.8. The summed E-state index contributed by atoms with van der Waals surface area (Å²) in [4.78, 5) is 4.32. The van der Waals surface area contributed by atoms with Crippen LogP contribution in [0.3, 0.4) is 0 Å². The highest BCUT2D eigenvalue weighted by atomic mass is 32.2. The SMILES string of the molecule is CCNS(=O)(=O)c1ccc(NCc2ncc(C)o2)cc1. The van der Waals surface area contributed by atoms with Crippen LogP contribution in [-0.2, 0) is 16.6 Å². The van der Waals surface area contributed by atoms with Crippen LogP contribution >= 0.6 is 0 Å². The van der Waals surface area contributed by atoms with Crippen molar-refractivity contribution in [3.8, 4) is 0 Å². The number of aryl methyl sites for hydroxylation is 1. The lowest BCUT2D eigenvalue weighted by Crippen LogP contribution is -2.23. The molecular weight excluding hydrogens is 278 g/mol. The average molecular weight is 295 g/mol. The van der Waals surface area contributed by atoms with Crippen molar-refractivity contribution in [1.29, 1.82) is 0 Å². The van der Waals surface area contributed by atoms with Crippen molar-refractivity contribution in [1.82, 2.24) is 9.71 Å². The first-order chi connectivity index (χ1) is 9.51. The van der Waals surface area contributed by atoms with E-state index in [1.54, 1.807) is 37.4 Å². The third-order valence-electron chi connectivity index (χ3n) is 2.61. The van der Waals surface area contributed by atoms with E-state index >= 15 is 0 Å². The van der Waals surface area contributed by atoms with Crippen molar-refractivity contribution in [2.75, 3.05) is 11.9 Å². The Morgan fingerprint density at radius 1 is 1.25 bits per heavy atom. The van der Waals surface area contributed by atoms with E-state index in [-0.39, 0.29) is 4.90 Å². The quantitative estimate of drug-likeness (QED) is 0.850. The highest BCUT2D eigenvalue weighted by molar-refractivity contribution is 7.89. The van der Waals surface area contributed by atoms with Gasteiger partial charge in [-0.25, -0.2) is 18.1 Å². The molecule has 0 aliphatic heterocycles. The molecule has 0 saturated carbocycles. The Kier molecular flexibility index (Phi) is 4.41. The van der Waals surface area contributed by atoms with E-state index in [4.69, 9.17) is 4.42 Å². The van der Waals surface area contributed by atoms with Crippen LogP contribution in [0.2, 0.25) is 0 Å². The molecule has 7 heteroatoms. The number of anilines is 1. The summed E-state index contributed by atoms with van der Waals surface area (Å²) in [7, 11) is -3.40. The van der Waals surface area contributed by atoms with Gasteiger partial charge in [-0.1, -0.05) is 6.92 Å². The molecule has 0 spiro atoms. The molecule has 2 N–H and O–H groups in total. The van der Waals surface area contributed by atoms with Crippen LogP contribution in [0.5, 0.6) is 0 Å². The van der Waals surface area contributed by atoms with Crippen molar-refractivity contribution < 1.29 is 12.8 Å². The Morgan fingerprint density at radius 2 is 1.95 bits per heavy atom. The highest BCUT2D eigenvalue weighted by Gasteiger charge is 2.11. The molecule has 1 aromatic heterocycles. The van der Waals surface area contributed by atoms with Crippen LogP contribution in [0.25, 0.3) is 0 Å². The standard InChI is InChI=1S/C13H17N3O3S/c1-3-16-20(17,18)12-6-4-11(5-7-12)14-9-13-15-8-10(2)19-13/h4-8,14,16H,3,9H2,1-2H3. The first kappa shape index (κ1) is 14.5. The van der Waals surface area contributed by atoms with Crippen molar-refractivity contribution in [3.63, 3.8) is 0 Å². The largest absolute Gasteiger partial charge is 0.444 e. The predicted molar refractivity (Wildman–Crippen MR) is 75.9 cm³/mol. The number of hydrogen-bond donors (Lipinski definition) is 2. The van der Waals surface area contributed by atoms with Gasteiger partial charge in [0.2, 0.25) is 15.9 Å². The Hall–Kier alpha value is -1.86. The van der Waals surface area contributed by atoms with Gasteiger partial charge in [-0.05, 0) is 31.2 Å². The number of rotatable bonds is 6. The van der Waals surface area contributed by atoms with E-state index in [0.29, 0.717) is 19.0 Å². The monoisotopic (exact) mass is 295 g/mol. The lowest BCUT2D eigenvalue weighted by molar-refractivity contribution is 0.479. The smallest absolute Gasteiger partial charge is 0.240 e. The van der Waals surface area contributed by atoms with Gasteiger partial charge in [-0.15, -0.1) is 0 Å². The second-order valence-electron chi connectivity index (χ2n) is 4.24. The van der Waals surface area contributed by atoms with Crippen LogP contribution in [0, 0.1) is 6.92 Å². The first-order valence-corrected chi connectivity index (χ1v) is 7.74. The summed E-state index contributed by atoms with van der Waals surface area (Å²) in [6.45, 7) is 4.39. The van der Waals surface area contributed by atoms with E-state index in [2.05, 4.69) is 15.0 Å². The maximum Gasteiger partial charge on any atom is 0.240 e. The Morgan fingerprint density at radius 3 is 2.50 bits per heavy atom. The summed E-state index contributed by atoms with van der Waals surface area (Å²) in [5.74, 6) is 1.35. The zero-order chi connectivity index (χ0) is 14.6. The molecule has 108 valence electrons. The molecular formula is C13H17N3O3S. The van der Waals surface area contributed by atoms with Gasteiger partial charge in [-0.3, -0.25) is 0 Å². The molecule has 0 fully saturated rings. The van der Waals surface area contributed by atoms with Gasteiger partial charge in [0, 0.05) is 12.2 Å². The lowest BCUT2D eigenvalue weighted by atomic mass is 10.3. The number of aromatic nitrogens is 1. The molecule has 2 aromatic rings. The minimum atomic E-state index is -3.40. The molecule has 6 nitrogen and oxygen atoms in total. The number of sulfonamides is 1. The fourth-order valence-corrected chi connectivity index (χ4v) is 2.73. The number of nitrogens with one attached hydrogen (secondary N) is 2. The van der Waals surface area contributed by atoms with Crippen LogP contribution in [0.1, 0.15) is 18.6 Å². The normalized spacial score (nSPS) is 11.5. The third kappa shape index (κ3) is 3.58. The van der Waals surface area contributed by atoms with Crippen LogP contribution in [0.15, 0.2) is 39.8 Å². The van der Waals surface area contributed by atoms with E-state index in [9.17, 15) is 8.42 Å². The molecule has 0 saturated heterocycles. The topological polar surface area (TPSA) is 84.2 Å². The van der Waals surface area contributed by atoms with Gasteiger partial charge in [0.1, 0.15) is 5.76 Å². The van der Waals surface area contributed by atoms with Crippen molar-refractivity contribution in [2.24, 2.45) is 0 Å². The third-order valence-corrected chi connectivity index (χ3v) is 4.17. The Balaban J connectivity index is 2.01. The lowest BCUT2D eigenvalue weighted by Gasteiger charge is -2.07. The van der Waals surface area contributed by atoms with Crippen LogP contribution in [-0.4, -0.2) is 19.9 Å². The second-order valence-corrected chi connectivity index (χ2v) is 6.01. The summed E-state index contributed by atoms with van der Waals surface area (Å²) in [6.07, 6.45) is 1.66. The molecule has 0 atom stereocenters. The molecule has 0 aliphatic rings. The molecule has 0 unspecified atom stereocenters. The maximum atomic E-state index is 11.8. The minimum Gasteiger partial charge on any atom is -0.444 e. The summed E-state index contributed by atoms with van der Waals surface area (Å²) in [5, 5.41) is 3.11. The minimum absolute atomic E-state index is 0.247. The predicted octanol–water partition coefficient (Wildman–Crippen LogP) is 1.89. The number of oxazole rings is 1. The summed E-state index contributed by atoms with van der Waals surface area (Å²) in [6, 6.07) is 6.53. The zero-order valence-electron chi connectivity index (χ0n) is 11.4. The Bertz CT molecular complexity index is 662. The van der Waals surface area contributed by atoms with Gasteiger partial charge in [-0.2, -0.15) is 0 Å². The second kappa shape index (κ2) is 6.06. The average Bonchev–Trinajstić information content (AvgIpc) is 2.83. The van der Waals surface area contributed by atoms with E-state index in [0.717, 1.165) is 11.4 Å². The molecule has 2 rings (SSSR count). The fourth-order valence-electron chi connectivity index (χ4n) is 1.69. The van der Waals surface area contributed by atoms with Gasteiger partial charge < -0.3 is 9.73 Å². The Labute approximate surface area is 118 Å². The molecule has 0 radical (unpaired) electrons. The number of hydrogen-bond acceptors (Lipinski definition) is 5. The van der Waals surface area contributed by atoms with E-state index in [1.807, 2.05) is 6.92 Å². The number of nitrogens with zero attached hydrogens (tertiary/aromatic N) is 1. The van der Waals surface area contributed by atoms with Gasteiger partial charge in [0.25, 0.3) is 0 Å². The molecule has 1 heterocycles. The summed E-state index contributed by atoms with van der Waals surface area (Å²) < 4.78 is 31.3. The molecule has 0 amide bonds. The molecule has 0 bridgehead atoms. The van der Waals surface area contributed by atoms with Crippen molar-refractivity contribution in [3.05, 3.63) is 42.1 Å². The van der Waals surface area contributed by atoms with Gasteiger partial charge >= 0.3 is 0 Å². The summed E-state index contributed by atoms with van der Waals surface area (Å²) in [5.41, 5.74) is 0.802. The first-order valence-electron chi connectivity index (χ1n) is 6.26. The van der Waals surface area contributed by atoms with E-state index in [1.165, 1.54) is 0 Å². The molecule has 0 aliphatic carbocycles. The fraction of sp³-hybridized carbons (Fsp3) is 0.308. The van der Waals surface area contributed by atoms with Gasteiger partial charge in [0.15, 0.2) is 0 Å². The van der Waals surface area contributed by atoms with Gasteiger partial charge in [0.05, 0.1) is 17.6 Å². The highest BCUT2D eigenvalue weighted by Crippen LogP contribution is 2.14. The van der Waals surface area contributed by atoms with Crippen molar-refractivity contribution in [2.45, 2.75) is 25.3 Å².